The first-order chi connectivity index (χ1) is 19.3. The number of hydrogen-bond acceptors (Lipinski definition) is 2. The van der Waals surface area contributed by atoms with Crippen molar-refractivity contribution in [2.45, 2.75) is 63.7 Å². The van der Waals surface area contributed by atoms with E-state index in [1.165, 1.54) is 18.2 Å². The summed E-state index contributed by atoms with van der Waals surface area (Å²) < 4.78 is 40.7. The van der Waals surface area contributed by atoms with Crippen molar-refractivity contribution < 1.29 is 22.8 Å². The van der Waals surface area contributed by atoms with Crippen molar-refractivity contribution in [1.29, 1.82) is 0 Å². The molecule has 1 N–H and O–H groups in total. The SMILES string of the molecule is O=C(CCN(C(=O)Nc1ccccc1C(F)(F)F)C1CCCCC1)N(CCc1ccccc1)Cc1ccccc1. The highest BCUT2D eigenvalue weighted by Crippen LogP contribution is 2.35. The number of nitrogens with one attached hydrogen (secondary N) is 1. The molecule has 3 amide bonds. The summed E-state index contributed by atoms with van der Waals surface area (Å²) in [4.78, 5) is 30.3. The molecule has 0 bridgehead atoms. The van der Waals surface area contributed by atoms with Crippen LogP contribution in [0.4, 0.5) is 23.7 Å². The van der Waals surface area contributed by atoms with E-state index in [0.29, 0.717) is 19.5 Å². The molecule has 3 aromatic carbocycles. The van der Waals surface area contributed by atoms with Gasteiger partial charge in [-0.3, -0.25) is 4.79 Å². The Balaban J connectivity index is 1.48. The number of hydrogen-bond donors (Lipinski definition) is 1. The lowest BCUT2D eigenvalue weighted by molar-refractivity contribution is -0.137. The van der Waals surface area contributed by atoms with Gasteiger partial charge in [0.05, 0.1) is 11.3 Å². The van der Waals surface area contributed by atoms with Crippen molar-refractivity contribution in [1.82, 2.24) is 9.80 Å². The highest BCUT2D eigenvalue weighted by atomic mass is 19.4. The van der Waals surface area contributed by atoms with Gasteiger partial charge in [-0.25, -0.2) is 4.79 Å². The Hall–Kier alpha value is -3.81. The van der Waals surface area contributed by atoms with Crippen molar-refractivity contribution in [2.24, 2.45) is 0 Å². The second-order valence-corrected chi connectivity index (χ2v) is 10.2. The summed E-state index contributed by atoms with van der Waals surface area (Å²) in [6.45, 7) is 1.10. The molecule has 0 atom stereocenters. The molecule has 40 heavy (non-hydrogen) atoms. The quantitative estimate of drug-likeness (QED) is 0.283. The van der Waals surface area contributed by atoms with Crippen LogP contribution >= 0.6 is 0 Å². The highest BCUT2D eigenvalue weighted by molar-refractivity contribution is 5.91. The predicted octanol–water partition coefficient (Wildman–Crippen LogP) is 7.53. The number of para-hydroxylation sites is 1. The molecule has 5 nitrogen and oxygen atoms in total. The average Bonchev–Trinajstić information content (AvgIpc) is 2.96. The van der Waals surface area contributed by atoms with Crippen LogP contribution in [0.5, 0.6) is 0 Å². The van der Waals surface area contributed by atoms with Gasteiger partial charge in [-0.05, 0) is 42.5 Å². The number of urea groups is 1. The number of carbonyl (C=O) groups excluding carboxylic acids is 2. The van der Waals surface area contributed by atoms with Crippen LogP contribution in [0.1, 0.15) is 55.2 Å². The summed E-state index contributed by atoms with van der Waals surface area (Å²) in [6.07, 6.45) is 0.678. The zero-order chi connectivity index (χ0) is 28.4. The normalized spacial score (nSPS) is 14.0. The lowest BCUT2D eigenvalue weighted by Gasteiger charge is -2.35. The largest absolute Gasteiger partial charge is 0.418 e. The first-order valence-corrected chi connectivity index (χ1v) is 13.9. The van der Waals surface area contributed by atoms with Crippen LogP contribution < -0.4 is 5.32 Å². The molecule has 0 heterocycles. The van der Waals surface area contributed by atoms with Crippen molar-refractivity contribution >= 4 is 17.6 Å². The Labute approximate surface area is 234 Å². The Bertz CT molecular complexity index is 1230. The molecule has 1 aliphatic rings. The molecule has 8 heteroatoms. The second-order valence-electron chi connectivity index (χ2n) is 10.2. The van der Waals surface area contributed by atoms with Gasteiger partial charge in [0, 0.05) is 32.1 Å². The third-order valence-corrected chi connectivity index (χ3v) is 7.40. The van der Waals surface area contributed by atoms with E-state index in [0.717, 1.165) is 49.3 Å². The van der Waals surface area contributed by atoms with Gasteiger partial charge in [-0.2, -0.15) is 13.2 Å². The van der Waals surface area contributed by atoms with Gasteiger partial charge in [-0.15, -0.1) is 0 Å². The number of carbonyl (C=O) groups is 2. The van der Waals surface area contributed by atoms with E-state index in [-0.39, 0.29) is 30.6 Å². The van der Waals surface area contributed by atoms with E-state index in [1.54, 1.807) is 9.80 Å². The number of anilines is 1. The molecule has 3 aromatic rings. The maximum atomic E-state index is 13.6. The molecule has 0 unspecified atom stereocenters. The fraction of sp³-hybridized carbons (Fsp3) is 0.375. The molecule has 1 aliphatic carbocycles. The fourth-order valence-corrected chi connectivity index (χ4v) is 5.25. The lowest BCUT2D eigenvalue weighted by Crippen LogP contribution is -2.46. The molecular weight excluding hydrogens is 515 g/mol. The van der Waals surface area contributed by atoms with Gasteiger partial charge in [-0.1, -0.05) is 92.1 Å². The van der Waals surface area contributed by atoms with Crippen molar-refractivity contribution in [3.05, 3.63) is 102 Å². The van der Waals surface area contributed by atoms with Gasteiger partial charge in [0.15, 0.2) is 0 Å². The summed E-state index contributed by atoms with van der Waals surface area (Å²) in [5.74, 6) is -0.0934. The third kappa shape index (κ3) is 8.34. The number of alkyl halides is 3. The van der Waals surface area contributed by atoms with E-state index in [9.17, 15) is 22.8 Å². The lowest BCUT2D eigenvalue weighted by atomic mass is 9.94. The molecule has 0 aromatic heterocycles. The molecular formula is C32H36F3N3O2. The van der Waals surface area contributed by atoms with Crippen molar-refractivity contribution in [3.8, 4) is 0 Å². The van der Waals surface area contributed by atoms with Crippen LogP contribution in [-0.4, -0.2) is 40.9 Å². The van der Waals surface area contributed by atoms with Crippen molar-refractivity contribution in [3.63, 3.8) is 0 Å². The third-order valence-electron chi connectivity index (χ3n) is 7.40. The molecule has 0 radical (unpaired) electrons. The first-order valence-electron chi connectivity index (χ1n) is 13.9. The number of rotatable bonds is 10. The summed E-state index contributed by atoms with van der Waals surface area (Å²) >= 11 is 0. The van der Waals surface area contributed by atoms with Gasteiger partial charge in [0.25, 0.3) is 0 Å². The standard InChI is InChI=1S/C32H36F3N3O2/c33-32(34,35)28-18-10-11-19-29(28)36-31(40)38(27-16-8-3-9-17-27)23-21-30(39)37(24-26-14-6-2-7-15-26)22-20-25-12-4-1-5-13-25/h1-2,4-7,10-15,18-19,27H,3,8-9,16-17,20-24H2,(H,36,40). The maximum Gasteiger partial charge on any atom is 0.418 e. The number of nitrogens with zero attached hydrogens (tertiary/aromatic N) is 2. The van der Waals surface area contributed by atoms with Gasteiger partial charge in [0.2, 0.25) is 5.91 Å². The summed E-state index contributed by atoms with van der Waals surface area (Å²) in [7, 11) is 0. The smallest absolute Gasteiger partial charge is 0.338 e. The number of benzene rings is 3. The van der Waals surface area contributed by atoms with Gasteiger partial charge in [0.1, 0.15) is 0 Å². The zero-order valence-electron chi connectivity index (χ0n) is 22.6. The summed E-state index contributed by atoms with van der Waals surface area (Å²) in [6, 6.07) is 23.9. The van der Waals surface area contributed by atoms with Crippen LogP contribution in [0.15, 0.2) is 84.9 Å². The monoisotopic (exact) mass is 551 g/mol. The Morgan fingerprint density at radius 3 is 2.02 bits per heavy atom. The van der Waals surface area contributed by atoms with Gasteiger partial charge >= 0.3 is 12.2 Å². The van der Waals surface area contributed by atoms with E-state index in [1.807, 2.05) is 60.7 Å². The fourth-order valence-electron chi connectivity index (χ4n) is 5.25. The first kappa shape index (κ1) is 29.2. The topological polar surface area (TPSA) is 52.7 Å². The maximum absolute atomic E-state index is 13.6. The highest BCUT2D eigenvalue weighted by Gasteiger charge is 2.34. The van der Waals surface area contributed by atoms with Gasteiger partial charge < -0.3 is 15.1 Å². The van der Waals surface area contributed by atoms with E-state index < -0.39 is 17.8 Å². The van der Waals surface area contributed by atoms with E-state index >= 15 is 0 Å². The minimum absolute atomic E-state index is 0.0897. The molecule has 1 saturated carbocycles. The number of halogens is 3. The summed E-state index contributed by atoms with van der Waals surface area (Å²) in [5.41, 5.74) is 0.966. The molecule has 4 rings (SSSR count). The van der Waals surface area contributed by atoms with Crippen LogP contribution in [0.2, 0.25) is 0 Å². The van der Waals surface area contributed by atoms with E-state index in [4.69, 9.17) is 0 Å². The Kier molecular flexibility index (Phi) is 10.2. The molecule has 0 spiro atoms. The average molecular weight is 552 g/mol. The Morgan fingerprint density at radius 2 is 1.38 bits per heavy atom. The second kappa shape index (κ2) is 14.0. The predicted molar refractivity (Wildman–Crippen MR) is 151 cm³/mol. The van der Waals surface area contributed by atoms with Crippen LogP contribution in [0, 0.1) is 0 Å². The molecule has 0 aliphatic heterocycles. The summed E-state index contributed by atoms with van der Waals surface area (Å²) in [5, 5.41) is 2.50. The molecule has 1 fully saturated rings. The zero-order valence-corrected chi connectivity index (χ0v) is 22.6. The van der Waals surface area contributed by atoms with Crippen molar-refractivity contribution in [2.75, 3.05) is 18.4 Å². The minimum Gasteiger partial charge on any atom is -0.338 e. The van der Waals surface area contributed by atoms with E-state index in [2.05, 4.69) is 5.32 Å². The number of amides is 3. The van der Waals surface area contributed by atoms with Crippen LogP contribution in [-0.2, 0) is 23.9 Å². The van der Waals surface area contributed by atoms with Crippen LogP contribution in [0.25, 0.3) is 0 Å². The minimum atomic E-state index is -4.59. The van der Waals surface area contributed by atoms with Crippen LogP contribution in [0.3, 0.4) is 0 Å². The molecule has 0 saturated heterocycles. The Morgan fingerprint density at radius 1 is 0.775 bits per heavy atom. The molecule has 212 valence electrons.